The number of carbonyl (C=O) groups is 4. The second kappa shape index (κ2) is 15.4. The minimum absolute atomic E-state index is 0.0538. The highest BCUT2D eigenvalue weighted by Crippen LogP contribution is 2.30. The molecule has 1 aliphatic heterocycles. The number of amides is 4. The number of carbonyl (C=O) groups excluding carboxylic acids is 4. The number of allylic oxidation sites excluding steroid dienone is 2. The molecule has 50 heavy (non-hydrogen) atoms. The van der Waals surface area contributed by atoms with Crippen LogP contribution in [-0.4, -0.2) is 92.0 Å². The molecule has 0 saturated heterocycles. The van der Waals surface area contributed by atoms with Crippen LogP contribution in [0.4, 0.5) is 10.5 Å². The average Bonchev–Trinajstić information content (AvgIpc) is 3.60. The minimum Gasteiger partial charge on any atom is -0.444 e. The van der Waals surface area contributed by atoms with Crippen molar-refractivity contribution in [1.82, 2.24) is 29.9 Å². The normalized spacial score (nSPS) is 15.7. The molecule has 0 bridgehead atoms. The maximum Gasteiger partial charge on any atom is 0.409 e. The molecule has 5 N–H and O–H groups in total. The summed E-state index contributed by atoms with van der Waals surface area (Å²) in [6.45, 7) is 7.24. The molecule has 4 amide bonds. The quantitative estimate of drug-likeness (QED) is 0.180. The van der Waals surface area contributed by atoms with E-state index in [1.54, 1.807) is 54.6 Å². The van der Waals surface area contributed by atoms with Gasteiger partial charge in [0, 0.05) is 49.6 Å². The number of hydrogen-bond acceptors (Lipinski definition) is 10. The zero-order valence-electron chi connectivity index (χ0n) is 28.7. The lowest BCUT2D eigenvalue weighted by Crippen LogP contribution is -2.48. The van der Waals surface area contributed by atoms with Crippen LogP contribution >= 0.6 is 0 Å². The molecule has 1 unspecified atom stereocenters. The largest absolute Gasteiger partial charge is 0.444 e. The first-order chi connectivity index (χ1) is 23.8. The summed E-state index contributed by atoms with van der Waals surface area (Å²) in [6.07, 6.45) is 11.1. The predicted octanol–water partition coefficient (Wildman–Crippen LogP) is 3.92. The van der Waals surface area contributed by atoms with E-state index >= 15 is 0 Å². The molecule has 266 valence electrons. The minimum atomic E-state index is -0.859. The summed E-state index contributed by atoms with van der Waals surface area (Å²) in [4.78, 5) is 58.7. The van der Waals surface area contributed by atoms with Gasteiger partial charge < -0.3 is 40.4 Å². The first-order valence-electron chi connectivity index (χ1n) is 16.6. The van der Waals surface area contributed by atoms with Crippen molar-refractivity contribution < 1.29 is 33.4 Å². The summed E-state index contributed by atoms with van der Waals surface area (Å²) < 4.78 is 12.7. The van der Waals surface area contributed by atoms with E-state index in [0.29, 0.717) is 42.3 Å². The van der Waals surface area contributed by atoms with Gasteiger partial charge in [0.05, 0.1) is 17.6 Å². The van der Waals surface area contributed by atoms with Crippen molar-refractivity contribution in [3.05, 3.63) is 77.9 Å². The molecule has 1 atom stereocenters. The second-order valence-electron chi connectivity index (χ2n) is 13.4. The van der Waals surface area contributed by atoms with Crippen molar-refractivity contribution in [3.63, 3.8) is 0 Å². The van der Waals surface area contributed by atoms with Crippen LogP contribution in [0.15, 0.2) is 59.5 Å². The molecule has 5 rings (SSSR count). The summed E-state index contributed by atoms with van der Waals surface area (Å²) in [5, 5.41) is 18.6. The standard InChI is InChI=1S/C35H44N8O7/c1-35(2,3)42-16-14-24(18-28(42)50-34(48)37-19-22-8-9-22)32-39-27(21-49-32)31(46)38-26-20-43(40-29(26)30(36)45)25-12-10-23(11-13-25)33(47)41(4)15-6-5-7-17-44/h10-14,16,18,20-22,28,44H,5-9,15,17,19H2,1-4H3,(H2,36,45)(H,37,48)(H,38,46). The summed E-state index contributed by atoms with van der Waals surface area (Å²) >= 11 is 0. The highest BCUT2D eigenvalue weighted by atomic mass is 16.6. The molecule has 3 aromatic rings. The summed E-state index contributed by atoms with van der Waals surface area (Å²) in [7, 11) is 1.72. The summed E-state index contributed by atoms with van der Waals surface area (Å²) in [6, 6.07) is 6.63. The van der Waals surface area contributed by atoms with Crippen LogP contribution < -0.4 is 16.4 Å². The molecule has 1 aromatic carbocycles. The average molecular weight is 689 g/mol. The maximum atomic E-state index is 13.3. The smallest absolute Gasteiger partial charge is 0.409 e. The van der Waals surface area contributed by atoms with Crippen LogP contribution in [0.2, 0.25) is 0 Å². The van der Waals surface area contributed by atoms with Crippen molar-refractivity contribution in [3.8, 4) is 5.69 Å². The zero-order chi connectivity index (χ0) is 36.0. The molecule has 0 spiro atoms. The van der Waals surface area contributed by atoms with Gasteiger partial charge in [-0.05, 0) is 95.2 Å². The Bertz CT molecular complexity index is 1770. The van der Waals surface area contributed by atoms with Gasteiger partial charge in [-0.2, -0.15) is 5.10 Å². The van der Waals surface area contributed by atoms with Crippen LogP contribution in [0, 0.1) is 5.92 Å². The number of aliphatic hydroxyl groups is 1. The number of oxazole rings is 1. The van der Waals surface area contributed by atoms with E-state index in [1.807, 2.05) is 25.7 Å². The Kier molecular flexibility index (Phi) is 11.0. The van der Waals surface area contributed by atoms with Crippen LogP contribution in [0.5, 0.6) is 0 Å². The number of alkyl carbamates (subject to hydrolysis) is 1. The lowest BCUT2D eigenvalue weighted by molar-refractivity contribution is 0.00115. The monoisotopic (exact) mass is 688 g/mol. The van der Waals surface area contributed by atoms with E-state index < -0.39 is 24.1 Å². The maximum absolute atomic E-state index is 13.3. The van der Waals surface area contributed by atoms with E-state index in [4.69, 9.17) is 20.0 Å². The SMILES string of the molecule is CN(CCCCCO)C(=O)c1ccc(-n2cc(NC(=O)c3coc(C4=CC(OC(=O)NCC5CC5)N(C(C)(C)C)C=C4)n3)c(C(N)=O)n2)cc1. The summed E-state index contributed by atoms with van der Waals surface area (Å²) in [5.74, 6) is -1.05. The van der Waals surface area contributed by atoms with Crippen molar-refractivity contribution in [2.75, 3.05) is 32.1 Å². The zero-order valence-corrected chi connectivity index (χ0v) is 28.7. The van der Waals surface area contributed by atoms with Gasteiger partial charge in [0.2, 0.25) is 5.89 Å². The predicted molar refractivity (Wildman–Crippen MR) is 184 cm³/mol. The molecule has 15 heteroatoms. The lowest BCUT2D eigenvalue weighted by atomic mass is 10.0. The van der Waals surface area contributed by atoms with Crippen LogP contribution in [-0.2, 0) is 4.74 Å². The van der Waals surface area contributed by atoms with Crippen molar-refractivity contribution in [1.29, 1.82) is 0 Å². The topological polar surface area (TPSA) is 198 Å². The number of nitrogens with two attached hydrogens (primary N) is 1. The van der Waals surface area contributed by atoms with Crippen molar-refractivity contribution >= 4 is 35.1 Å². The molecular formula is C35H44N8O7. The number of primary amides is 1. The fourth-order valence-corrected chi connectivity index (χ4v) is 5.27. The molecule has 1 aliphatic carbocycles. The first kappa shape index (κ1) is 35.9. The Morgan fingerprint density at radius 3 is 2.52 bits per heavy atom. The Morgan fingerprint density at radius 2 is 1.86 bits per heavy atom. The summed E-state index contributed by atoms with van der Waals surface area (Å²) in [5.41, 5.74) is 6.52. The lowest BCUT2D eigenvalue weighted by Gasteiger charge is -2.40. The molecule has 0 radical (unpaired) electrons. The van der Waals surface area contributed by atoms with E-state index in [0.717, 1.165) is 25.7 Å². The molecule has 3 heterocycles. The van der Waals surface area contributed by atoms with Crippen LogP contribution in [0.3, 0.4) is 0 Å². The number of hydrogen-bond donors (Lipinski definition) is 4. The number of benzene rings is 1. The number of nitrogens with zero attached hydrogens (tertiary/aromatic N) is 5. The number of ether oxygens (including phenoxy) is 1. The highest BCUT2D eigenvalue weighted by molar-refractivity contribution is 6.07. The van der Waals surface area contributed by atoms with E-state index in [-0.39, 0.29) is 41.0 Å². The fourth-order valence-electron chi connectivity index (χ4n) is 5.27. The number of aromatic nitrogens is 3. The highest BCUT2D eigenvalue weighted by Gasteiger charge is 2.32. The van der Waals surface area contributed by atoms with Crippen LogP contribution in [0.25, 0.3) is 11.3 Å². The Morgan fingerprint density at radius 1 is 1.12 bits per heavy atom. The van der Waals surface area contributed by atoms with Gasteiger partial charge in [0.25, 0.3) is 17.7 Å². The number of rotatable bonds is 14. The van der Waals surface area contributed by atoms with Gasteiger partial charge in [0.15, 0.2) is 17.6 Å². The number of anilines is 1. The Hall–Kier alpha value is -5.44. The van der Waals surface area contributed by atoms with E-state index in [2.05, 4.69) is 20.7 Å². The Balaban J connectivity index is 1.27. The van der Waals surface area contributed by atoms with Gasteiger partial charge in [0.1, 0.15) is 6.26 Å². The van der Waals surface area contributed by atoms with E-state index in [1.165, 1.54) is 17.1 Å². The van der Waals surface area contributed by atoms with Gasteiger partial charge in [-0.3, -0.25) is 14.4 Å². The third-order valence-electron chi connectivity index (χ3n) is 8.30. The van der Waals surface area contributed by atoms with Crippen molar-refractivity contribution in [2.24, 2.45) is 11.7 Å². The van der Waals surface area contributed by atoms with Crippen LogP contribution in [0.1, 0.15) is 90.1 Å². The number of aliphatic hydroxyl groups excluding tert-OH is 1. The Labute approximate surface area is 290 Å². The second-order valence-corrected chi connectivity index (χ2v) is 13.4. The fraction of sp³-hybridized carbons (Fsp3) is 0.429. The number of nitrogens with one attached hydrogen (secondary N) is 2. The van der Waals surface area contributed by atoms with Gasteiger partial charge >= 0.3 is 6.09 Å². The molecule has 15 nitrogen and oxygen atoms in total. The van der Waals surface area contributed by atoms with Gasteiger partial charge in [-0.1, -0.05) is 0 Å². The third-order valence-corrected chi connectivity index (χ3v) is 8.30. The molecule has 1 saturated carbocycles. The van der Waals surface area contributed by atoms with Gasteiger partial charge in [-0.25, -0.2) is 14.5 Å². The van der Waals surface area contributed by atoms with E-state index in [9.17, 15) is 19.2 Å². The van der Waals surface area contributed by atoms with Gasteiger partial charge in [-0.15, -0.1) is 0 Å². The third kappa shape index (κ3) is 8.96. The number of unbranched alkanes of at least 4 members (excludes halogenated alkanes) is 2. The first-order valence-corrected chi connectivity index (χ1v) is 16.6. The molecule has 1 fully saturated rings. The van der Waals surface area contributed by atoms with Crippen molar-refractivity contribution in [2.45, 2.75) is 64.6 Å². The molecule has 2 aromatic heterocycles. The molecular weight excluding hydrogens is 644 g/mol. The molecule has 2 aliphatic rings.